The lowest BCUT2D eigenvalue weighted by Gasteiger charge is -2.08. The van der Waals surface area contributed by atoms with Crippen molar-refractivity contribution in [2.24, 2.45) is 5.92 Å². The van der Waals surface area contributed by atoms with Gasteiger partial charge in [-0.25, -0.2) is 0 Å². The van der Waals surface area contributed by atoms with E-state index in [1.807, 2.05) is 0 Å². The standard InChI is InChI=1S/C14H27BrO2/c15-9-6-4-2-1-3-5-7-10-16-12-14-8-11-17-13-14/h14H,1-13H2. The van der Waals surface area contributed by atoms with E-state index < -0.39 is 0 Å². The summed E-state index contributed by atoms with van der Waals surface area (Å²) in [7, 11) is 0. The number of unbranched alkanes of at least 4 members (excludes halogenated alkanes) is 6. The first-order valence-electron chi connectivity index (χ1n) is 7.15. The van der Waals surface area contributed by atoms with Crippen LogP contribution in [0.15, 0.2) is 0 Å². The molecule has 0 N–H and O–H groups in total. The summed E-state index contributed by atoms with van der Waals surface area (Å²) in [6.07, 6.45) is 10.6. The van der Waals surface area contributed by atoms with E-state index in [2.05, 4.69) is 15.9 Å². The number of halogens is 1. The molecule has 1 rings (SSSR count). The molecule has 0 spiro atoms. The largest absolute Gasteiger partial charge is 0.381 e. The number of alkyl halides is 1. The van der Waals surface area contributed by atoms with E-state index >= 15 is 0 Å². The maximum absolute atomic E-state index is 5.68. The van der Waals surface area contributed by atoms with Gasteiger partial charge in [0, 0.05) is 24.5 Å². The Morgan fingerprint density at radius 3 is 2.35 bits per heavy atom. The van der Waals surface area contributed by atoms with Crippen molar-refractivity contribution in [2.45, 2.75) is 51.4 Å². The minimum Gasteiger partial charge on any atom is -0.381 e. The summed E-state index contributed by atoms with van der Waals surface area (Å²) in [4.78, 5) is 0. The lowest BCUT2D eigenvalue weighted by Crippen LogP contribution is -2.09. The van der Waals surface area contributed by atoms with Crippen LogP contribution in [0, 0.1) is 5.92 Å². The molecule has 1 aliphatic heterocycles. The molecule has 0 bridgehead atoms. The topological polar surface area (TPSA) is 18.5 Å². The van der Waals surface area contributed by atoms with E-state index in [9.17, 15) is 0 Å². The zero-order valence-electron chi connectivity index (χ0n) is 11.0. The molecule has 2 nitrogen and oxygen atoms in total. The summed E-state index contributed by atoms with van der Waals surface area (Å²) in [6.45, 7) is 3.69. The van der Waals surface area contributed by atoms with E-state index in [0.717, 1.165) is 31.8 Å². The highest BCUT2D eigenvalue weighted by Crippen LogP contribution is 2.13. The van der Waals surface area contributed by atoms with Crippen molar-refractivity contribution in [3.63, 3.8) is 0 Å². The molecule has 0 aliphatic carbocycles. The van der Waals surface area contributed by atoms with Gasteiger partial charge in [0.25, 0.3) is 0 Å². The van der Waals surface area contributed by atoms with Crippen LogP contribution in [-0.2, 0) is 9.47 Å². The lowest BCUT2D eigenvalue weighted by molar-refractivity contribution is 0.0871. The van der Waals surface area contributed by atoms with Gasteiger partial charge in [-0.2, -0.15) is 0 Å². The highest BCUT2D eigenvalue weighted by atomic mass is 79.9. The summed E-state index contributed by atoms with van der Waals surface area (Å²) in [5.41, 5.74) is 0. The molecule has 1 aliphatic rings. The summed E-state index contributed by atoms with van der Waals surface area (Å²) in [5, 5.41) is 1.16. The first kappa shape index (κ1) is 15.5. The van der Waals surface area contributed by atoms with Gasteiger partial charge in [-0.1, -0.05) is 48.0 Å². The average Bonchev–Trinajstić information content (AvgIpc) is 2.85. The third kappa shape index (κ3) is 9.04. The predicted molar refractivity (Wildman–Crippen MR) is 75.9 cm³/mol. The number of ether oxygens (including phenoxy) is 2. The van der Waals surface area contributed by atoms with Crippen molar-refractivity contribution in [2.75, 3.05) is 31.8 Å². The van der Waals surface area contributed by atoms with Crippen LogP contribution in [0.3, 0.4) is 0 Å². The highest BCUT2D eigenvalue weighted by molar-refractivity contribution is 9.09. The fraction of sp³-hybridized carbons (Fsp3) is 1.00. The molecule has 1 saturated heterocycles. The lowest BCUT2D eigenvalue weighted by atomic mass is 10.1. The molecule has 1 unspecified atom stereocenters. The molecule has 0 saturated carbocycles. The molecule has 0 aromatic rings. The van der Waals surface area contributed by atoms with Gasteiger partial charge in [-0.05, 0) is 19.3 Å². The second-order valence-corrected chi connectivity index (χ2v) is 5.76. The summed E-state index contributed by atoms with van der Waals surface area (Å²) in [6, 6.07) is 0. The molecular weight excluding hydrogens is 280 g/mol. The van der Waals surface area contributed by atoms with Crippen molar-refractivity contribution < 1.29 is 9.47 Å². The zero-order chi connectivity index (χ0) is 12.2. The van der Waals surface area contributed by atoms with Crippen LogP contribution >= 0.6 is 15.9 Å². The molecule has 1 atom stereocenters. The Hall–Kier alpha value is 0.400. The smallest absolute Gasteiger partial charge is 0.0517 e. The second-order valence-electron chi connectivity index (χ2n) is 4.97. The molecular formula is C14H27BrO2. The van der Waals surface area contributed by atoms with Gasteiger partial charge >= 0.3 is 0 Å². The van der Waals surface area contributed by atoms with Gasteiger partial charge in [-0.3, -0.25) is 0 Å². The molecule has 0 aromatic heterocycles. The molecule has 102 valence electrons. The Kier molecular flexibility index (Phi) is 10.4. The SMILES string of the molecule is BrCCCCCCCCCOCC1CCOC1. The van der Waals surface area contributed by atoms with Gasteiger partial charge in [0.1, 0.15) is 0 Å². The molecule has 17 heavy (non-hydrogen) atoms. The van der Waals surface area contributed by atoms with E-state index in [-0.39, 0.29) is 0 Å². The van der Waals surface area contributed by atoms with Crippen molar-refractivity contribution in [1.82, 2.24) is 0 Å². The quantitative estimate of drug-likeness (QED) is 0.421. The third-order valence-corrected chi connectivity index (χ3v) is 3.86. The van der Waals surface area contributed by atoms with Crippen LogP contribution < -0.4 is 0 Å². The molecule has 0 amide bonds. The van der Waals surface area contributed by atoms with Crippen molar-refractivity contribution in [3.05, 3.63) is 0 Å². The Bertz CT molecular complexity index is 158. The molecule has 0 radical (unpaired) electrons. The van der Waals surface area contributed by atoms with Crippen molar-refractivity contribution >= 4 is 15.9 Å². The summed E-state index contributed by atoms with van der Waals surface area (Å²) < 4.78 is 11.0. The van der Waals surface area contributed by atoms with Crippen molar-refractivity contribution in [3.8, 4) is 0 Å². The fourth-order valence-corrected chi connectivity index (χ4v) is 2.54. The van der Waals surface area contributed by atoms with Crippen molar-refractivity contribution in [1.29, 1.82) is 0 Å². The van der Waals surface area contributed by atoms with Gasteiger partial charge in [0.15, 0.2) is 0 Å². The average molecular weight is 307 g/mol. The van der Waals surface area contributed by atoms with Gasteiger partial charge < -0.3 is 9.47 Å². The molecule has 1 heterocycles. The van der Waals surface area contributed by atoms with E-state index in [0.29, 0.717) is 5.92 Å². The minimum absolute atomic E-state index is 0.666. The van der Waals surface area contributed by atoms with Crippen LogP contribution in [0.25, 0.3) is 0 Å². The van der Waals surface area contributed by atoms with E-state index in [4.69, 9.17) is 9.47 Å². The molecule has 1 fully saturated rings. The maximum Gasteiger partial charge on any atom is 0.0517 e. The normalized spacial score (nSPS) is 19.9. The van der Waals surface area contributed by atoms with Gasteiger partial charge in [-0.15, -0.1) is 0 Å². The minimum atomic E-state index is 0.666. The first-order chi connectivity index (χ1) is 8.43. The third-order valence-electron chi connectivity index (χ3n) is 3.30. The molecule has 3 heteroatoms. The van der Waals surface area contributed by atoms with E-state index in [1.54, 1.807) is 0 Å². The van der Waals surface area contributed by atoms with Crippen LogP contribution in [-0.4, -0.2) is 31.8 Å². The Labute approximate surface area is 115 Å². The Morgan fingerprint density at radius 2 is 1.71 bits per heavy atom. The maximum atomic E-state index is 5.68. The van der Waals surface area contributed by atoms with Crippen LogP contribution in [0.4, 0.5) is 0 Å². The Morgan fingerprint density at radius 1 is 1.00 bits per heavy atom. The predicted octanol–water partition coefficient (Wildman–Crippen LogP) is 4.17. The van der Waals surface area contributed by atoms with Gasteiger partial charge in [0.2, 0.25) is 0 Å². The monoisotopic (exact) mass is 306 g/mol. The van der Waals surface area contributed by atoms with Crippen LogP contribution in [0.1, 0.15) is 51.4 Å². The number of rotatable bonds is 11. The van der Waals surface area contributed by atoms with Gasteiger partial charge in [0.05, 0.1) is 13.2 Å². The summed E-state index contributed by atoms with van der Waals surface area (Å²) >= 11 is 3.46. The van der Waals surface area contributed by atoms with Crippen LogP contribution in [0.2, 0.25) is 0 Å². The number of hydrogen-bond donors (Lipinski definition) is 0. The number of hydrogen-bond acceptors (Lipinski definition) is 2. The second kappa shape index (κ2) is 11.5. The fourth-order valence-electron chi connectivity index (χ4n) is 2.15. The summed E-state index contributed by atoms with van der Waals surface area (Å²) in [5.74, 6) is 0.666. The molecule has 0 aromatic carbocycles. The Balaban J connectivity index is 1.69. The highest BCUT2D eigenvalue weighted by Gasteiger charge is 2.14. The van der Waals surface area contributed by atoms with E-state index in [1.165, 1.54) is 51.4 Å². The first-order valence-corrected chi connectivity index (χ1v) is 8.27. The van der Waals surface area contributed by atoms with Crippen LogP contribution in [0.5, 0.6) is 0 Å². The zero-order valence-corrected chi connectivity index (χ0v) is 12.6.